The van der Waals surface area contributed by atoms with Gasteiger partial charge >= 0.3 is 12.0 Å². The summed E-state index contributed by atoms with van der Waals surface area (Å²) in [5.74, 6) is -0.961. The van der Waals surface area contributed by atoms with Gasteiger partial charge in [0.1, 0.15) is 0 Å². The van der Waals surface area contributed by atoms with Crippen molar-refractivity contribution in [2.45, 2.75) is 54.3 Å². The second kappa shape index (κ2) is 13.0. The molecule has 13 nitrogen and oxygen atoms in total. The van der Waals surface area contributed by atoms with Gasteiger partial charge in [-0.2, -0.15) is 20.2 Å². The van der Waals surface area contributed by atoms with E-state index in [0.717, 1.165) is 25.0 Å². The van der Waals surface area contributed by atoms with Crippen LogP contribution < -0.4 is 20.8 Å². The van der Waals surface area contributed by atoms with Crippen LogP contribution in [0.2, 0.25) is 0 Å². The van der Waals surface area contributed by atoms with Gasteiger partial charge in [0.15, 0.2) is 4.90 Å². The van der Waals surface area contributed by atoms with E-state index in [1.54, 1.807) is 0 Å². The van der Waals surface area contributed by atoms with Crippen molar-refractivity contribution in [1.82, 2.24) is 20.7 Å². The van der Waals surface area contributed by atoms with E-state index in [2.05, 4.69) is 16.0 Å². The lowest BCUT2D eigenvalue weighted by atomic mass is 10.0. The van der Waals surface area contributed by atoms with E-state index in [4.69, 9.17) is 9.39 Å². The van der Waals surface area contributed by atoms with E-state index in [1.807, 2.05) is 11.8 Å². The van der Waals surface area contributed by atoms with Gasteiger partial charge in [0.05, 0.1) is 18.5 Å². The van der Waals surface area contributed by atoms with Gasteiger partial charge in [-0.1, -0.05) is 28.0 Å². The van der Waals surface area contributed by atoms with Crippen molar-refractivity contribution < 1.29 is 42.4 Å². The average molecular weight is 585 g/mol. The SMILES string of the molecule is O=C(CCCCC1SCC2NC(=O)NC21)NCCSSCCC(=O)On1c(O)cc(S(=O)(=O)O)c1O. The summed E-state index contributed by atoms with van der Waals surface area (Å²) < 4.78 is 31.3. The maximum absolute atomic E-state index is 12.0. The Bertz CT molecular complexity index is 1070. The molecule has 1 aromatic heterocycles. The Hall–Kier alpha value is -1.95. The molecular formula is C19H28N4O9S4. The van der Waals surface area contributed by atoms with Crippen molar-refractivity contribution in [1.29, 1.82) is 0 Å². The Balaban J connectivity index is 1.19. The normalized spacial score (nSPS) is 21.0. The predicted molar refractivity (Wildman–Crippen MR) is 136 cm³/mol. The van der Waals surface area contributed by atoms with Crippen molar-refractivity contribution >= 4 is 61.4 Å². The van der Waals surface area contributed by atoms with Gasteiger partial charge in [-0.05, 0) is 12.8 Å². The lowest BCUT2D eigenvalue weighted by Gasteiger charge is -2.16. The molecule has 3 unspecified atom stereocenters. The third kappa shape index (κ3) is 8.03. The maximum Gasteiger partial charge on any atom is 0.334 e. The summed E-state index contributed by atoms with van der Waals surface area (Å²) in [5, 5.41) is 28.4. The third-order valence-corrected chi connectivity index (χ3v) is 10.2. The Labute approximate surface area is 220 Å². The predicted octanol–water partition coefficient (Wildman–Crippen LogP) is 0.715. The summed E-state index contributed by atoms with van der Waals surface area (Å²) in [6, 6.07) is 0.840. The maximum atomic E-state index is 12.0. The van der Waals surface area contributed by atoms with Gasteiger partial charge in [-0.3, -0.25) is 9.35 Å². The van der Waals surface area contributed by atoms with Crippen LogP contribution in [-0.4, -0.2) is 87.0 Å². The minimum atomic E-state index is -4.80. The van der Waals surface area contributed by atoms with Crippen molar-refractivity contribution in [3.63, 3.8) is 0 Å². The molecule has 36 heavy (non-hydrogen) atoms. The minimum Gasteiger partial charge on any atom is -0.492 e. The molecule has 2 fully saturated rings. The lowest BCUT2D eigenvalue weighted by Crippen LogP contribution is -2.36. The molecule has 3 rings (SSSR count). The monoisotopic (exact) mass is 584 g/mol. The topological polar surface area (TPSA) is 196 Å². The number of aromatic nitrogens is 1. The lowest BCUT2D eigenvalue weighted by molar-refractivity contribution is -0.145. The van der Waals surface area contributed by atoms with Crippen LogP contribution in [0.5, 0.6) is 11.8 Å². The first-order valence-corrected chi connectivity index (χ1v) is 16.1. The van der Waals surface area contributed by atoms with Crippen molar-refractivity contribution in [3.05, 3.63) is 6.07 Å². The van der Waals surface area contributed by atoms with Crippen molar-refractivity contribution in [2.24, 2.45) is 0 Å². The van der Waals surface area contributed by atoms with Gasteiger partial charge < -0.3 is 31.0 Å². The standard InChI is InChI=1S/C19H28N4O9S4/c24-14(4-2-1-3-12-17-11(10-33-12)21-19(28)22-17)20-6-8-35-34-7-5-16(26)32-23-15(25)9-13(18(23)27)36(29,30)31/h9,11-12,17,25,27H,1-8,10H2,(H,20,24)(H2,21,22,28)(H,29,30,31). The van der Waals surface area contributed by atoms with Gasteiger partial charge in [0.25, 0.3) is 16.0 Å². The van der Waals surface area contributed by atoms with Gasteiger partial charge in [0.2, 0.25) is 11.8 Å². The summed E-state index contributed by atoms with van der Waals surface area (Å²) >= 11 is 1.86. The molecule has 0 radical (unpaired) electrons. The van der Waals surface area contributed by atoms with E-state index < -0.39 is 32.7 Å². The Morgan fingerprint density at radius 1 is 1.19 bits per heavy atom. The van der Waals surface area contributed by atoms with Crippen molar-refractivity contribution in [2.75, 3.05) is 23.8 Å². The third-order valence-electron chi connectivity index (χ3n) is 5.41. The summed E-state index contributed by atoms with van der Waals surface area (Å²) in [7, 11) is -1.99. The molecule has 6 N–H and O–H groups in total. The molecule has 3 atom stereocenters. The zero-order chi connectivity index (χ0) is 26.3. The molecule has 0 saturated carbocycles. The number of rotatable bonds is 14. The first kappa shape index (κ1) is 28.6. The fourth-order valence-electron chi connectivity index (χ4n) is 3.71. The van der Waals surface area contributed by atoms with Gasteiger partial charge in [-0.25, -0.2) is 9.59 Å². The van der Waals surface area contributed by atoms with E-state index in [1.165, 1.54) is 21.6 Å². The molecule has 202 valence electrons. The average Bonchev–Trinajstić information content (AvgIpc) is 3.44. The quantitative estimate of drug-likeness (QED) is 0.0777. The summed E-state index contributed by atoms with van der Waals surface area (Å²) in [5.41, 5.74) is 0. The Morgan fingerprint density at radius 2 is 1.94 bits per heavy atom. The molecular weight excluding hydrogens is 556 g/mol. The number of urea groups is 1. The highest BCUT2D eigenvalue weighted by Crippen LogP contribution is 2.33. The van der Waals surface area contributed by atoms with Crippen LogP contribution in [-0.2, 0) is 19.7 Å². The molecule has 2 saturated heterocycles. The molecule has 3 heterocycles. The number of fused-ring (bicyclic) bond motifs is 1. The molecule has 0 aromatic carbocycles. The number of unbranched alkanes of at least 4 members (excludes halogenated alkanes) is 1. The van der Waals surface area contributed by atoms with Crippen LogP contribution in [0.25, 0.3) is 0 Å². The zero-order valence-electron chi connectivity index (χ0n) is 19.0. The van der Waals surface area contributed by atoms with E-state index >= 15 is 0 Å². The van der Waals surface area contributed by atoms with Crippen LogP contribution in [0.15, 0.2) is 11.0 Å². The minimum absolute atomic E-state index is 0.0208. The highest BCUT2D eigenvalue weighted by Gasteiger charge is 2.42. The largest absolute Gasteiger partial charge is 0.492 e. The number of hydrogen-bond donors (Lipinski definition) is 6. The molecule has 0 aliphatic carbocycles. The number of thioether (sulfide) groups is 1. The van der Waals surface area contributed by atoms with Crippen LogP contribution >= 0.6 is 33.3 Å². The van der Waals surface area contributed by atoms with Crippen LogP contribution in [0, 0.1) is 0 Å². The highest BCUT2D eigenvalue weighted by molar-refractivity contribution is 8.76. The van der Waals surface area contributed by atoms with E-state index in [-0.39, 0.29) is 35.2 Å². The number of carbonyl (C=O) groups excluding carboxylic acids is 3. The summed E-state index contributed by atoms with van der Waals surface area (Å²) in [6.45, 7) is 0.477. The highest BCUT2D eigenvalue weighted by atomic mass is 33.1. The Morgan fingerprint density at radius 3 is 2.67 bits per heavy atom. The molecule has 2 aliphatic heterocycles. The number of hydrogen-bond acceptors (Lipinski definition) is 11. The second-order valence-corrected chi connectivity index (χ2v) is 13.4. The van der Waals surface area contributed by atoms with Crippen LogP contribution in [0.1, 0.15) is 32.1 Å². The number of amides is 3. The zero-order valence-corrected chi connectivity index (χ0v) is 22.3. The first-order valence-electron chi connectivity index (χ1n) is 11.1. The molecule has 3 amide bonds. The van der Waals surface area contributed by atoms with E-state index in [9.17, 15) is 33.0 Å². The van der Waals surface area contributed by atoms with Gasteiger partial charge in [0, 0.05) is 41.5 Å². The number of nitrogens with one attached hydrogen (secondary N) is 3. The van der Waals surface area contributed by atoms with Crippen molar-refractivity contribution in [3.8, 4) is 11.8 Å². The molecule has 0 spiro atoms. The summed E-state index contributed by atoms with van der Waals surface area (Å²) in [4.78, 5) is 39.0. The number of carbonyl (C=O) groups is 3. The first-order chi connectivity index (χ1) is 17.1. The fraction of sp³-hybridized carbons (Fsp3) is 0.632. The smallest absolute Gasteiger partial charge is 0.334 e. The Kier molecular flexibility index (Phi) is 10.4. The molecule has 17 heteroatoms. The van der Waals surface area contributed by atoms with Crippen LogP contribution in [0.3, 0.4) is 0 Å². The second-order valence-electron chi connectivity index (χ2n) is 8.03. The number of nitrogens with zero attached hydrogens (tertiary/aromatic N) is 1. The van der Waals surface area contributed by atoms with Crippen LogP contribution in [0.4, 0.5) is 4.79 Å². The van der Waals surface area contributed by atoms with Gasteiger partial charge in [-0.15, -0.1) is 4.73 Å². The molecule has 0 bridgehead atoms. The molecule has 1 aromatic rings. The number of aromatic hydroxyl groups is 2. The fourth-order valence-corrected chi connectivity index (χ4v) is 7.70. The van der Waals surface area contributed by atoms with E-state index in [0.29, 0.717) is 35.8 Å². The molecule has 2 aliphatic rings. The summed E-state index contributed by atoms with van der Waals surface area (Å²) in [6.07, 6.45) is 3.01.